The lowest BCUT2D eigenvalue weighted by molar-refractivity contribution is 0.373. The second kappa shape index (κ2) is 5.53. The van der Waals surface area contributed by atoms with Gasteiger partial charge in [0.2, 0.25) is 0 Å². The van der Waals surface area contributed by atoms with Gasteiger partial charge >= 0.3 is 0 Å². The van der Waals surface area contributed by atoms with Gasteiger partial charge in [-0.3, -0.25) is 4.68 Å². The van der Waals surface area contributed by atoms with Crippen molar-refractivity contribution in [3.05, 3.63) is 34.4 Å². The summed E-state index contributed by atoms with van der Waals surface area (Å²) in [6.07, 6.45) is 7.84. The Balaban J connectivity index is 1.88. The molecule has 0 spiro atoms. The van der Waals surface area contributed by atoms with Crippen molar-refractivity contribution in [2.24, 2.45) is 0 Å². The third-order valence-corrected chi connectivity index (χ3v) is 4.12. The number of nitrogens with one attached hydrogen (secondary N) is 1. The first-order chi connectivity index (χ1) is 9.63. The Labute approximate surface area is 131 Å². The molecule has 1 N–H and O–H groups in total. The van der Waals surface area contributed by atoms with Gasteiger partial charge < -0.3 is 9.88 Å². The predicted molar refractivity (Wildman–Crippen MR) is 88.6 cm³/mol. The first-order valence-electron chi connectivity index (χ1n) is 6.43. The first kappa shape index (κ1) is 13.6. The summed E-state index contributed by atoms with van der Waals surface area (Å²) in [4.78, 5) is 9.77. The van der Waals surface area contributed by atoms with Crippen LogP contribution in [0.2, 0.25) is 0 Å². The van der Waals surface area contributed by atoms with E-state index in [1.54, 1.807) is 0 Å². The lowest BCUT2D eigenvalue weighted by Gasteiger charge is -2.08. The monoisotopic (exact) mass is 381 g/mol. The zero-order valence-electron chi connectivity index (χ0n) is 11.5. The lowest BCUT2D eigenvalue weighted by Crippen LogP contribution is -2.18. The number of halogens is 1. The van der Waals surface area contributed by atoms with Crippen molar-refractivity contribution in [3.63, 3.8) is 0 Å². The number of pyridine rings is 1. The average Bonchev–Trinajstić information content (AvgIpc) is 3.04. The van der Waals surface area contributed by atoms with Crippen molar-refractivity contribution in [1.29, 1.82) is 0 Å². The SMILES string of the molecule is CN(C)CCn1cc(-c2cnc3[nH]cc(I)c3c2)cn1. The fraction of sp³-hybridized carbons (Fsp3) is 0.286. The summed E-state index contributed by atoms with van der Waals surface area (Å²) < 4.78 is 3.16. The molecule has 0 aliphatic carbocycles. The van der Waals surface area contributed by atoms with Crippen molar-refractivity contribution < 1.29 is 0 Å². The van der Waals surface area contributed by atoms with E-state index >= 15 is 0 Å². The van der Waals surface area contributed by atoms with E-state index in [2.05, 4.69) is 68.9 Å². The second-order valence-electron chi connectivity index (χ2n) is 5.05. The number of nitrogens with zero attached hydrogens (tertiary/aromatic N) is 4. The normalized spacial score (nSPS) is 11.6. The van der Waals surface area contributed by atoms with E-state index in [-0.39, 0.29) is 0 Å². The van der Waals surface area contributed by atoms with Crippen molar-refractivity contribution in [2.75, 3.05) is 20.6 Å². The largest absolute Gasteiger partial charge is 0.345 e. The smallest absolute Gasteiger partial charge is 0.138 e. The van der Waals surface area contributed by atoms with Crippen molar-refractivity contribution in [3.8, 4) is 11.1 Å². The van der Waals surface area contributed by atoms with E-state index in [0.29, 0.717) is 0 Å². The Morgan fingerprint density at radius 1 is 1.30 bits per heavy atom. The van der Waals surface area contributed by atoms with Crippen molar-refractivity contribution in [1.82, 2.24) is 24.6 Å². The van der Waals surface area contributed by atoms with E-state index in [1.807, 2.05) is 23.3 Å². The van der Waals surface area contributed by atoms with Gasteiger partial charge in [-0.1, -0.05) is 0 Å². The van der Waals surface area contributed by atoms with E-state index in [0.717, 1.165) is 35.2 Å². The molecule has 0 amide bonds. The molecule has 0 bridgehead atoms. The quantitative estimate of drug-likeness (QED) is 0.707. The van der Waals surface area contributed by atoms with Gasteiger partial charge in [0.25, 0.3) is 0 Å². The van der Waals surface area contributed by atoms with Gasteiger partial charge in [0.05, 0.1) is 12.7 Å². The first-order valence-corrected chi connectivity index (χ1v) is 7.51. The van der Waals surface area contributed by atoms with E-state index in [4.69, 9.17) is 0 Å². The van der Waals surface area contributed by atoms with Crippen LogP contribution in [0.3, 0.4) is 0 Å². The number of H-pyrrole nitrogens is 1. The Hall–Kier alpha value is -1.41. The van der Waals surface area contributed by atoms with Gasteiger partial charge in [0.1, 0.15) is 5.65 Å². The van der Waals surface area contributed by atoms with Crippen LogP contribution in [0.1, 0.15) is 0 Å². The number of aromatic nitrogens is 4. The van der Waals surface area contributed by atoms with Gasteiger partial charge in [-0.15, -0.1) is 0 Å². The van der Waals surface area contributed by atoms with Crippen LogP contribution >= 0.6 is 22.6 Å². The highest BCUT2D eigenvalue weighted by atomic mass is 127. The average molecular weight is 381 g/mol. The summed E-state index contributed by atoms with van der Waals surface area (Å²) in [5.74, 6) is 0. The van der Waals surface area contributed by atoms with Gasteiger partial charge in [-0.2, -0.15) is 5.10 Å². The summed E-state index contributed by atoms with van der Waals surface area (Å²) in [5.41, 5.74) is 3.14. The molecule has 0 atom stereocenters. The molecular weight excluding hydrogens is 365 g/mol. The molecule has 20 heavy (non-hydrogen) atoms. The Bertz CT molecular complexity index is 728. The molecule has 0 aliphatic rings. The summed E-state index contributed by atoms with van der Waals surface area (Å²) in [5, 5.41) is 5.56. The molecule has 0 saturated carbocycles. The van der Waals surface area contributed by atoms with Gasteiger partial charge in [0.15, 0.2) is 0 Å². The second-order valence-corrected chi connectivity index (χ2v) is 6.21. The van der Waals surface area contributed by atoms with Crippen molar-refractivity contribution in [2.45, 2.75) is 6.54 Å². The van der Waals surface area contributed by atoms with Gasteiger partial charge in [0, 0.05) is 45.2 Å². The molecule has 3 heterocycles. The van der Waals surface area contributed by atoms with Crippen LogP contribution in [0, 0.1) is 3.57 Å². The number of hydrogen-bond donors (Lipinski definition) is 1. The van der Waals surface area contributed by atoms with Crippen LogP contribution < -0.4 is 0 Å². The number of likely N-dealkylation sites (N-methyl/N-ethyl adjacent to an activating group) is 1. The highest BCUT2D eigenvalue weighted by Crippen LogP contribution is 2.25. The van der Waals surface area contributed by atoms with Crippen molar-refractivity contribution >= 4 is 33.6 Å². The van der Waals surface area contributed by atoms with Crippen LogP contribution in [0.25, 0.3) is 22.2 Å². The number of aromatic amines is 1. The summed E-state index contributed by atoms with van der Waals surface area (Å²) in [7, 11) is 4.13. The molecule has 0 fully saturated rings. The molecule has 0 saturated heterocycles. The molecule has 0 radical (unpaired) electrons. The Morgan fingerprint density at radius 3 is 2.95 bits per heavy atom. The molecule has 0 aromatic carbocycles. The molecule has 0 aliphatic heterocycles. The van der Waals surface area contributed by atoms with Crippen LogP contribution in [0.5, 0.6) is 0 Å². The molecular formula is C14H16IN5. The highest BCUT2D eigenvalue weighted by Gasteiger charge is 2.07. The van der Waals surface area contributed by atoms with E-state index < -0.39 is 0 Å². The minimum atomic E-state index is 0.893. The van der Waals surface area contributed by atoms with Crippen LogP contribution in [0.4, 0.5) is 0 Å². The Kier molecular flexibility index (Phi) is 3.75. The number of rotatable bonds is 4. The fourth-order valence-corrected chi connectivity index (χ4v) is 2.63. The minimum absolute atomic E-state index is 0.893. The van der Waals surface area contributed by atoms with Gasteiger partial charge in [-0.05, 0) is 42.8 Å². The predicted octanol–water partition coefficient (Wildman–Crippen LogP) is 2.59. The molecule has 0 unspecified atom stereocenters. The van der Waals surface area contributed by atoms with Crippen LogP contribution in [0.15, 0.2) is 30.9 Å². The third-order valence-electron chi connectivity index (χ3n) is 3.22. The standard InChI is InChI=1S/C14H16IN5/c1-19(2)3-4-20-9-11(7-18-20)10-5-12-13(15)8-17-14(12)16-6-10/h5-9H,3-4H2,1-2H3,(H,16,17). The fourth-order valence-electron chi connectivity index (χ4n) is 2.07. The summed E-state index contributed by atoms with van der Waals surface area (Å²) in [6, 6.07) is 2.16. The maximum absolute atomic E-state index is 4.46. The molecule has 5 nitrogen and oxygen atoms in total. The molecule has 6 heteroatoms. The zero-order valence-corrected chi connectivity index (χ0v) is 13.6. The van der Waals surface area contributed by atoms with E-state index in [1.165, 1.54) is 3.57 Å². The highest BCUT2D eigenvalue weighted by molar-refractivity contribution is 14.1. The Morgan fingerprint density at radius 2 is 2.15 bits per heavy atom. The third kappa shape index (κ3) is 2.71. The maximum atomic E-state index is 4.46. The number of hydrogen-bond acceptors (Lipinski definition) is 3. The molecule has 3 rings (SSSR count). The van der Waals surface area contributed by atoms with E-state index in [9.17, 15) is 0 Å². The minimum Gasteiger partial charge on any atom is -0.345 e. The zero-order chi connectivity index (χ0) is 14.1. The van der Waals surface area contributed by atoms with Gasteiger partial charge in [-0.25, -0.2) is 4.98 Å². The molecule has 3 aromatic heterocycles. The maximum Gasteiger partial charge on any atom is 0.138 e. The summed E-state index contributed by atoms with van der Waals surface area (Å²) >= 11 is 2.32. The summed E-state index contributed by atoms with van der Waals surface area (Å²) in [6.45, 7) is 1.87. The molecule has 3 aromatic rings. The van der Waals surface area contributed by atoms with Crippen LogP contribution in [-0.4, -0.2) is 45.3 Å². The lowest BCUT2D eigenvalue weighted by atomic mass is 10.1. The molecule has 104 valence electrons. The topological polar surface area (TPSA) is 49.7 Å². The number of fused-ring (bicyclic) bond motifs is 1. The van der Waals surface area contributed by atoms with Crippen LogP contribution in [-0.2, 0) is 6.54 Å².